The van der Waals surface area contributed by atoms with Crippen molar-refractivity contribution in [3.05, 3.63) is 11.6 Å². The van der Waals surface area contributed by atoms with Crippen molar-refractivity contribution >= 4 is 6.29 Å². The second-order valence-electron chi connectivity index (χ2n) is 3.70. The van der Waals surface area contributed by atoms with Crippen LogP contribution in [0.2, 0.25) is 0 Å². The third-order valence-corrected chi connectivity index (χ3v) is 2.40. The van der Waals surface area contributed by atoms with E-state index in [1.165, 1.54) is 5.57 Å². The van der Waals surface area contributed by atoms with Crippen LogP contribution in [0.25, 0.3) is 0 Å². The van der Waals surface area contributed by atoms with Crippen molar-refractivity contribution in [2.45, 2.75) is 45.3 Å². The first-order valence-electron chi connectivity index (χ1n) is 5.74. The molecule has 1 aliphatic heterocycles. The lowest BCUT2D eigenvalue weighted by atomic mass is 10.1. The van der Waals surface area contributed by atoms with Gasteiger partial charge in [-0.25, -0.2) is 0 Å². The molecule has 3 nitrogen and oxygen atoms in total. The highest BCUT2D eigenvalue weighted by Gasteiger charge is 2.19. The maximum Gasteiger partial charge on any atom is 0.179 e. The van der Waals surface area contributed by atoms with E-state index < -0.39 is 0 Å². The summed E-state index contributed by atoms with van der Waals surface area (Å²) in [6.45, 7) is 3.54. The topological polar surface area (TPSA) is 35.5 Å². The maximum absolute atomic E-state index is 10.2. The van der Waals surface area contributed by atoms with Gasteiger partial charge in [0.25, 0.3) is 0 Å². The van der Waals surface area contributed by atoms with Gasteiger partial charge >= 0.3 is 0 Å². The molecular formula is C12H20O3. The fourth-order valence-corrected chi connectivity index (χ4v) is 1.67. The molecule has 3 heteroatoms. The zero-order valence-electron chi connectivity index (χ0n) is 9.41. The van der Waals surface area contributed by atoms with Crippen LogP contribution in [0.3, 0.4) is 0 Å². The molecule has 15 heavy (non-hydrogen) atoms. The highest BCUT2D eigenvalue weighted by Crippen LogP contribution is 2.19. The van der Waals surface area contributed by atoms with Crippen LogP contribution in [0.1, 0.15) is 39.0 Å². The zero-order chi connectivity index (χ0) is 10.9. The van der Waals surface area contributed by atoms with Gasteiger partial charge in [-0.15, -0.1) is 0 Å². The number of carbonyl (C=O) groups excluding carboxylic acids is 1. The number of unbranched alkanes of at least 4 members (excludes halogenated alkanes) is 2. The van der Waals surface area contributed by atoms with Crippen LogP contribution in [0, 0.1) is 0 Å². The van der Waals surface area contributed by atoms with E-state index in [9.17, 15) is 4.79 Å². The van der Waals surface area contributed by atoms with E-state index in [1.54, 1.807) is 0 Å². The normalized spacial score (nSPS) is 18.3. The number of rotatable bonds is 7. The first-order chi connectivity index (χ1) is 7.38. The molecule has 0 atom stereocenters. The molecule has 86 valence electrons. The lowest BCUT2D eigenvalue weighted by Crippen LogP contribution is -2.11. The van der Waals surface area contributed by atoms with Crippen molar-refractivity contribution in [3.8, 4) is 0 Å². The smallest absolute Gasteiger partial charge is 0.179 e. The number of hydrogen-bond donors (Lipinski definition) is 0. The summed E-state index contributed by atoms with van der Waals surface area (Å²) < 4.78 is 10.9. The third kappa shape index (κ3) is 4.58. The van der Waals surface area contributed by atoms with E-state index in [0.717, 1.165) is 32.0 Å². The van der Waals surface area contributed by atoms with Gasteiger partial charge in [0.1, 0.15) is 6.29 Å². The number of hydrogen-bond acceptors (Lipinski definition) is 3. The minimum absolute atomic E-state index is 0.124. The van der Waals surface area contributed by atoms with E-state index >= 15 is 0 Å². The number of carbonyl (C=O) groups is 1. The Hall–Kier alpha value is -0.670. The summed E-state index contributed by atoms with van der Waals surface area (Å²) in [6, 6.07) is 0. The van der Waals surface area contributed by atoms with Crippen molar-refractivity contribution < 1.29 is 14.3 Å². The molecule has 0 amide bonds. The Balaban J connectivity index is 2.36. The predicted molar refractivity (Wildman–Crippen MR) is 58.6 cm³/mol. The Morgan fingerprint density at radius 2 is 2.07 bits per heavy atom. The fourth-order valence-electron chi connectivity index (χ4n) is 1.67. The van der Waals surface area contributed by atoms with Crippen LogP contribution in [-0.4, -0.2) is 25.8 Å². The molecule has 0 bridgehead atoms. The molecule has 1 aliphatic rings. The molecule has 0 aromatic heterocycles. The Kier molecular flexibility index (Phi) is 6.28. The van der Waals surface area contributed by atoms with Gasteiger partial charge in [-0.2, -0.15) is 0 Å². The number of aldehydes is 1. The summed E-state index contributed by atoms with van der Waals surface area (Å²) in [5.41, 5.74) is 1.24. The molecule has 1 fully saturated rings. The van der Waals surface area contributed by atoms with E-state index in [2.05, 4.69) is 13.0 Å². The van der Waals surface area contributed by atoms with Crippen LogP contribution in [0.5, 0.6) is 0 Å². The highest BCUT2D eigenvalue weighted by molar-refractivity contribution is 5.49. The first-order valence-corrected chi connectivity index (χ1v) is 5.74. The van der Waals surface area contributed by atoms with Crippen LogP contribution >= 0.6 is 0 Å². The van der Waals surface area contributed by atoms with Gasteiger partial charge in [-0.3, -0.25) is 0 Å². The number of allylic oxidation sites excluding steroid dienone is 1. The quantitative estimate of drug-likeness (QED) is 0.369. The minimum atomic E-state index is -0.124. The molecule has 0 saturated carbocycles. The zero-order valence-corrected chi connectivity index (χ0v) is 9.41. The Morgan fingerprint density at radius 1 is 1.33 bits per heavy atom. The van der Waals surface area contributed by atoms with Gasteiger partial charge in [-0.1, -0.05) is 19.4 Å². The van der Waals surface area contributed by atoms with Gasteiger partial charge in [-0.05, 0) is 24.8 Å². The second kappa shape index (κ2) is 7.60. The van der Waals surface area contributed by atoms with Crippen LogP contribution < -0.4 is 0 Å². The highest BCUT2D eigenvalue weighted by atomic mass is 16.7. The van der Waals surface area contributed by atoms with Crippen LogP contribution in [0.4, 0.5) is 0 Å². The van der Waals surface area contributed by atoms with Crippen LogP contribution in [-0.2, 0) is 14.3 Å². The van der Waals surface area contributed by atoms with E-state index in [4.69, 9.17) is 9.47 Å². The van der Waals surface area contributed by atoms with Crippen molar-refractivity contribution in [1.82, 2.24) is 0 Å². The predicted octanol–water partition coefficient (Wildman–Crippen LogP) is 2.46. The lowest BCUT2D eigenvalue weighted by molar-refractivity contribution is -0.107. The van der Waals surface area contributed by atoms with Crippen molar-refractivity contribution in [3.63, 3.8) is 0 Å². The molecule has 1 heterocycles. The molecule has 0 radical (unpaired) electrons. The SMILES string of the molecule is CCCC(=CCCCC=O)C1OCCO1. The van der Waals surface area contributed by atoms with Crippen molar-refractivity contribution in [2.75, 3.05) is 13.2 Å². The lowest BCUT2D eigenvalue weighted by Gasteiger charge is -2.13. The van der Waals surface area contributed by atoms with E-state index in [-0.39, 0.29) is 6.29 Å². The van der Waals surface area contributed by atoms with Gasteiger partial charge in [0.2, 0.25) is 0 Å². The molecule has 0 N–H and O–H groups in total. The Labute approximate surface area is 91.4 Å². The third-order valence-electron chi connectivity index (χ3n) is 2.40. The molecule has 0 aromatic rings. The fraction of sp³-hybridized carbons (Fsp3) is 0.750. The molecule has 0 aliphatic carbocycles. The van der Waals surface area contributed by atoms with Gasteiger partial charge < -0.3 is 14.3 Å². The summed E-state index contributed by atoms with van der Waals surface area (Å²) in [6.07, 6.45) is 7.64. The summed E-state index contributed by atoms with van der Waals surface area (Å²) in [4.78, 5) is 10.2. The summed E-state index contributed by atoms with van der Waals surface area (Å²) in [7, 11) is 0. The monoisotopic (exact) mass is 212 g/mol. The standard InChI is InChI=1S/C12H20O3/c1-2-6-11(7-4-3-5-8-13)12-14-9-10-15-12/h7-8,12H,2-6,9-10H2,1H3. The van der Waals surface area contributed by atoms with E-state index in [0.29, 0.717) is 19.6 Å². The van der Waals surface area contributed by atoms with Gasteiger partial charge in [0.05, 0.1) is 13.2 Å². The first kappa shape index (κ1) is 12.4. The average molecular weight is 212 g/mol. The Morgan fingerprint density at radius 3 is 2.67 bits per heavy atom. The van der Waals surface area contributed by atoms with Gasteiger partial charge in [0.15, 0.2) is 6.29 Å². The molecule has 1 saturated heterocycles. The number of ether oxygens (including phenoxy) is 2. The van der Waals surface area contributed by atoms with Crippen molar-refractivity contribution in [1.29, 1.82) is 0 Å². The average Bonchev–Trinajstić information content (AvgIpc) is 2.76. The maximum atomic E-state index is 10.2. The van der Waals surface area contributed by atoms with Gasteiger partial charge in [0, 0.05) is 6.42 Å². The largest absolute Gasteiger partial charge is 0.346 e. The molecular weight excluding hydrogens is 192 g/mol. The van der Waals surface area contributed by atoms with Crippen molar-refractivity contribution in [2.24, 2.45) is 0 Å². The molecule has 0 aromatic carbocycles. The minimum Gasteiger partial charge on any atom is -0.346 e. The summed E-state index contributed by atoms with van der Waals surface area (Å²) in [5.74, 6) is 0. The van der Waals surface area contributed by atoms with Crippen LogP contribution in [0.15, 0.2) is 11.6 Å². The Bertz CT molecular complexity index is 205. The van der Waals surface area contributed by atoms with E-state index in [1.807, 2.05) is 0 Å². The molecule has 0 unspecified atom stereocenters. The second-order valence-corrected chi connectivity index (χ2v) is 3.70. The molecule has 1 rings (SSSR count). The molecule has 0 spiro atoms. The summed E-state index contributed by atoms with van der Waals surface area (Å²) in [5, 5.41) is 0. The summed E-state index contributed by atoms with van der Waals surface area (Å²) >= 11 is 0.